The van der Waals surface area contributed by atoms with Gasteiger partial charge in [-0.25, -0.2) is 0 Å². The van der Waals surface area contributed by atoms with Crippen LogP contribution in [0.25, 0.3) is 21.8 Å². The highest BCUT2D eigenvalue weighted by Crippen LogP contribution is 2.43. The molecule has 0 radical (unpaired) electrons. The summed E-state index contributed by atoms with van der Waals surface area (Å²) < 4.78 is 11.5. The molecule has 1 aliphatic heterocycles. The minimum Gasteiger partial charge on any atom is -0.485 e. The molecule has 0 unspecified atom stereocenters. The molecule has 0 N–H and O–H groups in total. The molecule has 0 bridgehead atoms. The quantitative estimate of drug-likeness (QED) is 0.564. The fourth-order valence-corrected chi connectivity index (χ4v) is 2.37. The van der Waals surface area contributed by atoms with Crippen LogP contribution in [0.3, 0.4) is 0 Å². The zero-order valence-electron chi connectivity index (χ0n) is 9.59. The van der Waals surface area contributed by atoms with E-state index in [2.05, 4.69) is 9.97 Å². The van der Waals surface area contributed by atoms with E-state index >= 15 is 0 Å². The lowest BCUT2D eigenvalue weighted by molar-refractivity contribution is 0.176. The minimum atomic E-state index is 0.572. The van der Waals surface area contributed by atoms with E-state index in [9.17, 15) is 0 Å². The molecule has 18 heavy (non-hydrogen) atoms. The van der Waals surface area contributed by atoms with Gasteiger partial charge in [-0.2, -0.15) is 0 Å². The summed E-state index contributed by atoms with van der Waals surface area (Å²) in [6.07, 6.45) is 3.54. The zero-order valence-corrected chi connectivity index (χ0v) is 9.59. The van der Waals surface area contributed by atoms with E-state index < -0.39 is 0 Å². The lowest BCUT2D eigenvalue weighted by Crippen LogP contribution is -2.16. The largest absolute Gasteiger partial charge is 0.485 e. The maximum Gasteiger partial charge on any atom is 0.171 e. The fraction of sp³-hybridized carbons (Fsp3) is 0.143. The minimum absolute atomic E-state index is 0.572. The Morgan fingerprint density at radius 2 is 1.28 bits per heavy atom. The summed E-state index contributed by atoms with van der Waals surface area (Å²) in [5.74, 6) is 1.56. The van der Waals surface area contributed by atoms with Gasteiger partial charge >= 0.3 is 0 Å². The Balaban J connectivity index is 2.28. The van der Waals surface area contributed by atoms with E-state index in [0.717, 1.165) is 33.3 Å². The van der Waals surface area contributed by atoms with Crippen molar-refractivity contribution >= 4 is 21.8 Å². The van der Waals surface area contributed by atoms with Gasteiger partial charge in [-0.15, -0.1) is 0 Å². The third-order valence-electron chi connectivity index (χ3n) is 3.11. The number of hydrogen-bond acceptors (Lipinski definition) is 4. The number of aromatic nitrogens is 2. The van der Waals surface area contributed by atoms with E-state index in [4.69, 9.17) is 9.47 Å². The van der Waals surface area contributed by atoms with Crippen LogP contribution >= 0.6 is 0 Å². The van der Waals surface area contributed by atoms with Crippen LogP contribution in [0.15, 0.2) is 36.7 Å². The highest BCUT2D eigenvalue weighted by molar-refractivity contribution is 6.09. The molecule has 0 fully saturated rings. The van der Waals surface area contributed by atoms with Gasteiger partial charge in [-0.05, 0) is 24.3 Å². The van der Waals surface area contributed by atoms with Crippen molar-refractivity contribution in [2.45, 2.75) is 0 Å². The number of hydrogen-bond donors (Lipinski definition) is 0. The standard InChI is InChI=1S/C14H10N2O2/c1-3-9-11(15-5-1)12-10(4-2-6-16-12)14-13(9)17-7-8-18-14/h1-6H,7-8H2. The molecule has 88 valence electrons. The molecule has 4 nitrogen and oxygen atoms in total. The van der Waals surface area contributed by atoms with Gasteiger partial charge in [-0.3, -0.25) is 9.97 Å². The molecule has 0 spiro atoms. The molecule has 0 amide bonds. The summed E-state index contributed by atoms with van der Waals surface area (Å²) in [5.41, 5.74) is 1.72. The van der Waals surface area contributed by atoms with Crippen LogP contribution in [0.1, 0.15) is 0 Å². The summed E-state index contributed by atoms with van der Waals surface area (Å²) >= 11 is 0. The summed E-state index contributed by atoms with van der Waals surface area (Å²) in [7, 11) is 0. The maximum absolute atomic E-state index is 5.75. The van der Waals surface area contributed by atoms with Crippen molar-refractivity contribution in [1.29, 1.82) is 0 Å². The van der Waals surface area contributed by atoms with Gasteiger partial charge in [0.2, 0.25) is 0 Å². The van der Waals surface area contributed by atoms with E-state index in [0.29, 0.717) is 13.2 Å². The van der Waals surface area contributed by atoms with E-state index in [-0.39, 0.29) is 0 Å². The molecule has 0 saturated heterocycles. The summed E-state index contributed by atoms with van der Waals surface area (Å²) in [5, 5.41) is 1.91. The van der Waals surface area contributed by atoms with Crippen molar-refractivity contribution in [3.05, 3.63) is 36.7 Å². The monoisotopic (exact) mass is 238 g/mol. The second-order valence-electron chi connectivity index (χ2n) is 4.15. The predicted molar refractivity (Wildman–Crippen MR) is 68.0 cm³/mol. The smallest absolute Gasteiger partial charge is 0.171 e. The van der Waals surface area contributed by atoms with Crippen LogP contribution in [0.5, 0.6) is 11.5 Å². The van der Waals surface area contributed by atoms with Gasteiger partial charge in [-0.1, -0.05) is 0 Å². The van der Waals surface area contributed by atoms with Crippen LogP contribution in [0.2, 0.25) is 0 Å². The average molecular weight is 238 g/mol. The van der Waals surface area contributed by atoms with Crippen molar-refractivity contribution in [2.24, 2.45) is 0 Å². The first-order valence-corrected chi connectivity index (χ1v) is 5.86. The van der Waals surface area contributed by atoms with Gasteiger partial charge in [0.1, 0.15) is 24.2 Å². The normalized spacial score (nSPS) is 14.0. The second kappa shape index (κ2) is 3.57. The molecular weight excluding hydrogens is 228 g/mol. The Hall–Kier alpha value is -2.36. The number of ether oxygens (including phenoxy) is 2. The lowest BCUT2D eigenvalue weighted by Gasteiger charge is -2.21. The molecule has 2 aromatic heterocycles. The van der Waals surface area contributed by atoms with Gasteiger partial charge in [0, 0.05) is 23.2 Å². The first-order chi connectivity index (χ1) is 8.95. The van der Waals surface area contributed by atoms with Crippen LogP contribution in [-0.4, -0.2) is 23.2 Å². The Morgan fingerprint density at radius 3 is 1.78 bits per heavy atom. The van der Waals surface area contributed by atoms with Gasteiger partial charge < -0.3 is 9.47 Å². The molecule has 1 aromatic carbocycles. The first-order valence-electron chi connectivity index (χ1n) is 5.86. The molecule has 4 rings (SSSR count). The Bertz CT molecular complexity index is 690. The number of rotatable bonds is 0. The average Bonchev–Trinajstić information content (AvgIpc) is 2.48. The highest BCUT2D eigenvalue weighted by atomic mass is 16.6. The SMILES string of the molecule is c1cnc2c(c1)c1c(c3cccnc32)OCCO1. The van der Waals surface area contributed by atoms with Crippen molar-refractivity contribution < 1.29 is 9.47 Å². The molecule has 3 aromatic rings. The van der Waals surface area contributed by atoms with Crippen LogP contribution in [0, 0.1) is 0 Å². The topological polar surface area (TPSA) is 44.2 Å². The molecule has 1 aliphatic rings. The summed E-state index contributed by atoms with van der Waals surface area (Å²) in [6, 6.07) is 7.78. The Morgan fingerprint density at radius 1 is 0.778 bits per heavy atom. The van der Waals surface area contributed by atoms with E-state index in [1.54, 1.807) is 12.4 Å². The molecule has 3 heterocycles. The Labute approximate surface area is 103 Å². The zero-order chi connectivity index (χ0) is 11.9. The molecule has 4 heteroatoms. The predicted octanol–water partition coefficient (Wildman–Crippen LogP) is 2.55. The van der Waals surface area contributed by atoms with Crippen molar-refractivity contribution in [2.75, 3.05) is 13.2 Å². The number of fused-ring (bicyclic) bond motifs is 6. The molecule has 0 atom stereocenters. The van der Waals surface area contributed by atoms with E-state index in [1.165, 1.54) is 0 Å². The van der Waals surface area contributed by atoms with Crippen LogP contribution < -0.4 is 9.47 Å². The fourth-order valence-electron chi connectivity index (χ4n) is 2.37. The molecule has 0 aliphatic carbocycles. The number of nitrogens with zero attached hydrogens (tertiary/aromatic N) is 2. The molecular formula is C14H10N2O2. The maximum atomic E-state index is 5.75. The third-order valence-corrected chi connectivity index (χ3v) is 3.11. The first kappa shape index (κ1) is 9.65. The van der Waals surface area contributed by atoms with Crippen LogP contribution in [-0.2, 0) is 0 Å². The lowest BCUT2D eigenvalue weighted by atomic mass is 10.1. The summed E-state index contributed by atoms with van der Waals surface area (Å²) in [6.45, 7) is 1.14. The van der Waals surface area contributed by atoms with Crippen molar-refractivity contribution in [3.8, 4) is 11.5 Å². The third kappa shape index (κ3) is 1.20. The number of benzene rings is 1. The molecule has 0 saturated carbocycles. The Kier molecular flexibility index (Phi) is 1.91. The van der Waals surface area contributed by atoms with Crippen LogP contribution in [0.4, 0.5) is 0 Å². The number of pyridine rings is 2. The van der Waals surface area contributed by atoms with Gasteiger partial charge in [0.25, 0.3) is 0 Å². The highest BCUT2D eigenvalue weighted by Gasteiger charge is 2.20. The van der Waals surface area contributed by atoms with Crippen molar-refractivity contribution in [1.82, 2.24) is 9.97 Å². The summed E-state index contributed by atoms with van der Waals surface area (Å²) in [4.78, 5) is 8.84. The van der Waals surface area contributed by atoms with Crippen molar-refractivity contribution in [3.63, 3.8) is 0 Å². The van der Waals surface area contributed by atoms with Gasteiger partial charge in [0.15, 0.2) is 11.5 Å². The van der Waals surface area contributed by atoms with Gasteiger partial charge in [0.05, 0.1) is 0 Å². The second-order valence-corrected chi connectivity index (χ2v) is 4.15. The van der Waals surface area contributed by atoms with E-state index in [1.807, 2.05) is 24.3 Å².